The van der Waals surface area contributed by atoms with Crippen LogP contribution in [0.25, 0.3) is 0 Å². The van der Waals surface area contributed by atoms with Crippen molar-refractivity contribution in [2.45, 2.75) is 32.5 Å². The first kappa shape index (κ1) is 8.12. The second-order valence-corrected chi connectivity index (χ2v) is 3.90. The molecule has 0 spiro atoms. The van der Waals surface area contributed by atoms with Gasteiger partial charge in [-0.15, -0.1) is 0 Å². The highest BCUT2D eigenvalue weighted by Crippen LogP contribution is 2.36. The number of ketones is 1. The fourth-order valence-electron chi connectivity index (χ4n) is 2.34. The Labute approximate surface area is 82.1 Å². The Morgan fingerprint density at radius 1 is 1.50 bits per heavy atom. The number of carbonyl (C=O) groups is 1. The molecule has 1 aliphatic heterocycles. The van der Waals surface area contributed by atoms with E-state index >= 15 is 0 Å². The summed E-state index contributed by atoms with van der Waals surface area (Å²) in [5.74, 6) is 0.260. The lowest BCUT2D eigenvalue weighted by Gasteiger charge is -2.07. The van der Waals surface area contributed by atoms with Gasteiger partial charge in [-0.2, -0.15) is 0 Å². The number of nitrogens with zero attached hydrogens (tertiary/aromatic N) is 1. The second kappa shape index (κ2) is 2.64. The quantitative estimate of drug-likeness (QED) is 0.624. The average Bonchev–Trinajstić information content (AvgIpc) is 2.72. The summed E-state index contributed by atoms with van der Waals surface area (Å²) in [7, 11) is 0. The molecule has 1 atom stereocenters. The molecule has 1 aliphatic carbocycles. The van der Waals surface area contributed by atoms with Crippen LogP contribution in [-0.2, 0) is 17.8 Å². The first-order chi connectivity index (χ1) is 6.77. The van der Waals surface area contributed by atoms with E-state index in [9.17, 15) is 4.79 Å². The van der Waals surface area contributed by atoms with E-state index in [1.54, 1.807) is 0 Å². The van der Waals surface area contributed by atoms with Gasteiger partial charge in [-0.3, -0.25) is 9.78 Å². The van der Waals surface area contributed by atoms with Gasteiger partial charge in [0.25, 0.3) is 0 Å². The van der Waals surface area contributed by atoms with Gasteiger partial charge in [0, 0.05) is 23.7 Å². The SMILES string of the molecule is CC1OCc2ncc3c(c21)C(=O)CC3. The molecule has 3 rings (SSSR count). The predicted molar refractivity (Wildman–Crippen MR) is 50.1 cm³/mol. The minimum absolute atomic E-state index is 0.0366. The van der Waals surface area contributed by atoms with Gasteiger partial charge in [-0.1, -0.05) is 0 Å². The summed E-state index contributed by atoms with van der Waals surface area (Å²) in [5.41, 5.74) is 4.00. The van der Waals surface area contributed by atoms with Crippen molar-refractivity contribution in [1.29, 1.82) is 0 Å². The van der Waals surface area contributed by atoms with Crippen molar-refractivity contribution in [3.05, 3.63) is 28.6 Å². The van der Waals surface area contributed by atoms with Crippen LogP contribution in [-0.4, -0.2) is 10.8 Å². The molecule has 0 fully saturated rings. The molecule has 72 valence electrons. The lowest BCUT2D eigenvalue weighted by molar-refractivity contribution is 0.0776. The summed E-state index contributed by atoms with van der Waals surface area (Å²) < 4.78 is 5.48. The summed E-state index contributed by atoms with van der Waals surface area (Å²) in [5, 5.41) is 0. The number of aryl methyl sites for hydroxylation is 1. The largest absolute Gasteiger partial charge is 0.367 e. The fraction of sp³-hybridized carbons (Fsp3) is 0.455. The van der Waals surface area contributed by atoms with Crippen LogP contribution >= 0.6 is 0 Å². The Morgan fingerprint density at radius 2 is 2.36 bits per heavy atom. The van der Waals surface area contributed by atoms with Gasteiger partial charge in [-0.25, -0.2) is 0 Å². The monoisotopic (exact) mass is 189 g/mol. The fourth-order valence-corrected chi connectivity index (χ4v) is 2.34. The van der Waals surface area contributed by atoms with Crippen LogP contribution in [0.3, 0.4) is 0 Å². The van der Waals surface area contributed by atoms with E-state index in [1.807, 2.05) is 13.1 Å². The molecular formula is C11H11NO2. The Hall–Kier alpha value is -1.22. The van der Waals surface area contributed by atoms with Crippen molar-refractivity contribution < 1.29 is 9.53 Å². The van der Waals surface area contributed by atoms with Gasteiger partial charge in [0.1, 0.15) is 0 Å². The van der Waals surface area contributed by atoms with E-state index in [-0.39, 0.29) is 11.9 Å². The van der Waals surface area contributed by atoms with Crippen LogP contribution in [0.1, 0.15) is 46.6 Å². The number of carbonyl (C=O) groups excluding carboxylic acids is 1. The van der Waals surface area contributed by atoms with Crippen molar-refractivity contribution in [2.75, 3.05) is 0 Å². The smallest absolute Gasteiger partial charge is 0.163 e. The minimum Gasteiger partial charge on any atom is -0.367 e. The van der Waals surface area contributed by atoms with Crippen LogP contribution in [0.5, 0.6) is 0 Å². The molecule has 1 unspecified atom stereocenters. The summed E-state index contributed by atoms with van der Waals surface area (Å²) in [6, 6.07) is 0. The van der Waals surface area contributed by atoms with Crippen molar-refractivity contribution in [3.8, 4) is 0 Å². The van der Waals surface area contributed by atoms with Crippen molar-refractivity contribution >= 4 is 5.78 Å². The first-order valence-electron chi connectivity index (χ1n) is 4.93. The molecule has 3 heteroatoms. The van der Waals surface area contributed by atoms with Crippen LogP contribution in [0.4, 0.5) is 0 Å². The molecule has 14 heavy (non-hydrogen) atoms. The molecule has 0 N–H and O–H groups in total. The van der Waals surface area contributed by atoms with Crippen LogP contribution in [0.2, 0.25) is 0 Å². The standard InChI is InChI=1S/C11H11NO2/c1-6-10-8(5-14-6)12-4-7-2-3-9(13)11(7)10/h4,6H,2-3,5H2,1H3. The van der Waals surface area contributed by atoms with Crippen molar-refractivity contribution in [1.82, 2.24) is 4.98 Å². The number of hydrogen-bond acceptors (Lipinski definition) is 3. The maximum atomic E-state index is 11.7. The van der Waals surface area contributed by atoms with Crippen LogP contribution in [0.15, 0.2) is 6.20 Å². The van der Waals surface area contributed by atoms with E-state index in [1.165, 1.54) is 0 Å². The Kier molecular flexibility index (Phi) is 1.53. The normalized spacial score (nSPS) is 23.8. The van der Waals surface area contributed by atoms with Gasteiger partial charge < -0.3 is 4.74 Å². The summed E-state index contributed by atoms with van der Waals surface area (Å²) in [6.07, 6.45) is 3.36. The molecule has 1 aromatic heterocycles. The lowest BCUT2D eigenvalue weighted by Crippen LogP contribution is -2.02. The van der Waals surface area contributed by atoms with E-state index in [4.69, 9.17) is 4.74 Å². The average molecular weight is 189 g/mol. The molecule has 2 aliphatic rings. The van der Waals surface area contributed by atoms with Gasteiger partial charge in [0.2, 0.25) is 0 Å². The third-order valence-electron chi connectivity index (χ3n) is 3.05. The third-order valence-corrected chi connectivity index (χ3v) is 3.05. The molecule has 1 aromatic rings. The summed E-state index contributed by atoms with van der Waals surface area (Å²) in [6.45, 7) is 2.54. The van der Waals surface area contributed by atoms with Crippen molar-refractivity contribution in [3.63, 3.8) is 0 Å². The highest BCUT2D eigenvalue weighted by Gasteiger charge is 2.31. The number of pyridine rings is 1. The summed E-state index contributed by atoms with van der Waals surface area (Å²) >= 11 is 0. The highest BCUT2D eigenvalue weighted by molar-refractivity contribution is 6.02. The van der Waals surface area contributed by atoms with E-state index in [0.29, 0.717) is 13.0 Å². The maximum Gasteiger partial charge on any atom is 0.163 e. The lowest BCUT2D eigenvalue weighted by atomic mass is 10.0. The van der Waals surface area contributed by atoms with Gasteiger partial charge in [-0.05, 0) is 18.9 Å². The molecular weight excluding hydrogens is 178 g/mol. The zero-order chi connectivity index (χ0) is 9.71. The number of fused-ring (bicyclic) bond motifs is 3. The zero-order valence-corrected chi connectivity index (χ0v) is 8.04. The maximum absolute atomic E-state index is 11.7. The second-order valence-electron chi connectivity index (χ2n) is 3.90. The molecule has 0 saturated heterocycles. The Balaban J connectivity index is 2.29. The third kappa shape index (κ3) is 0.904. The van der Waals surface area contributed by atoms with Gasteiger partial charge >= 0.3 is 0 Å². The van der Waals surface area contributed by atoms with Crippen molar-refractivity contribution in [2.24, 2.45) is 0 Å². The number of hydrogen-bond donors (Lipinski definition) is 0. The highest BCUT2D eigenvalue weighted by atomic mass is 16.5. The molecule has 0 saturated carbocycles. The van der Waals surface area contributed by atoms with E-state index < -0.39 is 0 Å². The predicted octanol–water partition coefficient (Wildman–Crippen LogP) is 1.80. The van der Waals surface area contributed by atoms with Gasteiger partial charge in [0.15, 0.2) is 5.78 Å². The zero-order valence-electron chi connectivity index (χ0n) is 8.04. The van der Waals surface area contributed by atoms with Crippen LogP contribution < -0.4 is 0 Å². The summed E-state index contributed by atoms with van der Waals surface area (Å²) in [4.78, 5) is 16.0. The molecule has 0 aromatic carbocycles. The topological polar surface area (TPSA) is 39.2 Å². The number of rotatable bonds is 0. The van der Waals surface area contributed by atoms with Crippen LogP contribution in [0, 0.1) is 0 Å². The minimum atomic E-state index is 0.0366. The van der Waals surface area contributed by atoms with E-state index in [0.717, 1.165) is 28.8 Å². The first-order valence-corrected chi connectivity index (χ1v) is 4.93. The number of ether oxygens (including phenoxy) is 1. The Morgan fingerprint density at radius 3 is 3.21 bits per heavy atom. The molecule has 3 nitrogen and oxygen atoms in total. The number of Topliss-reactive ketones (excluding diaryl/α,β-unsaturated/α-hetero) is 1. The molecule has 0 radical (unpaired) electrons. The van der Waals surface area contributed by atoms with Gasteiger partial charge in [0.05, 0.1) is 18.4 Å². The van der Waals surface area contributed by atoms with E-state index in [2.05, 4.69) is 4.98 Å². The molecule has 0 bridgehead atoms. The number of aromatic nitrogens is 1. The molecule has 2 heterocycles. The molecule has 0 amide bonds. The Bertz CT molecular complexity index is 426.